The van der Waals surface area contributed by atoms with E-state index >= 15 is 0 Å². The van der Waals surface area contributed by atoms with E-state index in [4.69, 9.17) is 10.5 Å². The highest BCUT2D eigenvalue weighted by atomic mass is 16.5. The third kappa shape index (κ3) is 2.04. The summed E-state index contributed by atoms with van der Waals surface area (Å²) in [7, 11) is 2.00. The SMILES string of the molecule is CNC(c1ccc2ccccc2c1)C1(CN)COC1. The molecule has 3 nitrogen and oxygen atoms in total. The summed E-state index contributed by atoms with van der Waals surface area (Å²) in [6, 6.07) is 15.3. The number of ether oxygens (including phenoxy) is 1. The summed E-state index contributed by atoms with van der Waals surface area (Å²) in [5.74, 6) is 0. The molecule has 0 spiro atoms. The van der Waals surface area contributed by atoms with Gasteiger partial charge in [0, 0.05) is 18.0 Å². The molecule has 2 aromatic carbocycles. The van der Waals surface area contributed by atoms with Crippen molar-refractivity contribution in [3.05, 3.63) is 48.0 Å². The Labute approximate surface area is 113 Å². The van der Waals surface area contributed by atoms with Gasteiger partial charge < -0.3 is 15.8 Å². The van der Waals surface area contributed by atoms with Crippen LogP contribution in [0.3, 0.4) is 0 Å². The fourth-order valence-electron chi connectivity index (χ4n) is 2.98. The van der Waals surface area contributed by atoms with E-state index in [1.165, 1.54) is 16.3 Å². The number of hydrogen-bond donors (Lipinski definition) is 2. The third-order valence-electron chi connectivity index (χ3n) is 4.19. The van der Waals surface area contributed by atoms with Crippen LogP contribution < -0.4 is 11.1 Å². The number of fused-ring (bicyclic) bond motifs is 1. The molecule has 19 heavy (non-hydrogen) atoms. The topological polar surface area (TPSA) is 47.3 Å². The predicted molar refractivity (Wildman–Crippen MR) is 78.1 cm³/mol. The highest BCUT2D eigenvalue weighted by molar-refractivity contribution is 5.83. The van der Waals surface area contributed by atoms with E-state index in [9.17, 15) is 0 Å². The van der Waals surface area contributed by atoms with Crippen molar-refractivity contribution in [3.8, 4) is 0 Å². The Morgan fingerprint density at radius 2 is 1.95 bits per heavy atom. The van der Waals surface area contributed by atoms with Gasteiger partial charge in [0.2, 0.25) is 0 Å². The third-order valence-corrected chi connectivity index (χ3v) is 4.19. The van der Waals surface area contributed by atoms with Crippen molar-refractivity contribution in [2.75, 3.05) is 26.8 Å². The van der Waals surface area contributed by atoms with Crippen molar-refractivity contribution in [3.63, 3.8) is 0 Å². The predicted octanol–water partition coefficient (Wildman–Crippen LogP) is 2.08. The lowest BCUT2D eigenvalue weighted by Crippen LogP contribution is -2.55. The van der Waals surface area contributed by atoms with Crippen LogP contribution in [0.1, 0.15) is 11.6 Å². The van der Waals surface area contributed by atoms with E-state index in [0.717, 1.165) is 13.2 Å². The summed E-state index contributed by atoms with van der Waals surface area (Å²) >= 11 is 0. The van der Waals surface area contributed by atoms with Gasteiger partial charge in [-0.05, 0) is 29.4 Å². The lowest BCUT2D eigenvalue weighted by molar-refractivity contribution is -0.126. The van der Waals surface area contributed by atoms with Crippen molar-refractivity contribution in [1.82, 2.24) is 5.32 Å². The zero-order valence-electron chi connectivity index (χ0n) is 11.2. The maximum absolute atomic E-state index is 5.98. The van der Waals surface area contributed by atoms with Gasteiger partial charge in [-0.3, -0.25) is 0 Å². The number of hydrogen-bond acceptors (Lipinski definition) is 3. The van der Waals surface area contributed by atoms with Gasteiger partial charge in [0.15, 0.2) is 0 Å². The zero-order valence-corrected chi connectivity index (χ0v) is 11.2. The molecule has 100 valence electrons. The molecule has 3 rings (SSSR count). The Hall–Kier alpha value is -1.42. The average molecular weight is 256 g/mol. The largest absolute Gasteiger partial charge is 0.380 e. The number of rotatable bonds is 4. The maximum atomic E-state index is 5.98. The Morgan fingerprint density at radius 3 is 2.53 bits per heavy atom. The van der Waals surface area contributed by atoms with Gasteiger partial charge in [-0.2, -0.15) is 0 Å². The first-order valence-corrected chi connectivity index (χ1v) is 6.73. The maximum Gasteiger partial charge on any atom is 0.0575 e. The summed E-state index contributed by atoms with van der Waals surface area (Å²) in [5, 5.41) is 5.96. The van der Waals surface area contributed by atoms with Crippen molar-refractivity contribution < 1.29 is 4.74 Å². The van der Waals surface area contributed by atoms with Crippen LogP contribution in [-0.2, 0) is 4.74 Å². The smallest absolute Gasteiger partial charge is 0.0575 e. The summed E-state index contributed by atoms with van der Waals surface area (Å²) in [4.78, 5) is 0. The first-order chi connectivity index (χ1) is 9.29. The van der Waals surface area contributed by atoms with Gasteiger partial charge in [-0.1, -0.05) is 36.4 Å². The van der Waals surface area contributed by atoms with Crippen LogP contribution in [0.15, 0.2) is 42.5 Å². The fourth-order valence-corrected chi connectivity index (χ4v) is 2.98. The van der Waals surface area contributed by atoms with Crippen LogP contribution in [0.2, 0.25) is 0 Å². The molecule has 1 aliphatic rings. The molecule has 0 radical (unpaired) electrons. The molecular formula is C16H20N2O. The second kappa shape index (κ2) is 4.93. The van der Waals surface area contributed by atoms with E-state index < -0.39 is 0 Å². The first kappa shape index (κ1) is 12.6. The molecule has 1 fully saturated rings. The molecule has 0 amide bonds. The van der Waals surface area contributed by atoms with Gasteiger partial charge in [0.05, 0.1) is 13.2 Å². The molecule has 3 heteroatoms. The molecule has 1 saturated heterocycles. The second-order valence-electron chi connectivity index (χ2n) is 5.39. The summed E-state index contributed by atoms with van der Waals surface area (Å²) < 4.78 is 5.40. The van der Waals surface area contributed by atoms with E-state index in [0.29, 0.717) is 6.54 Å². The van der Waals surface area contributed by atoms with Crippen molar-refractivity contribution in [1.29, 1.82) is 0 Å². The molecule has 3 N–H and O–H groups in total. The minimum absolute atomic E-state index is 0.0389. The summed E-state index contributed by atoms with van der Waals surface area (Å²) in [6.07, 6.45) is 0. The van der Waals surface area contributed by atoms with Crippen molar-refractivity contribution in [2.45, 2.75) is 6.04 Å². The van der Waals surface area contributed by atoms with Gasteiger partial charge in [0.25, 0.3) is 0 Å². The Kier molecular flexibility index (Phi) is 3.27. The minimum atomic E-state index is 0.0389. The molecule has 1 atom stereocenters. The number of benzene rings is 2. The molecule has 0 aromatic heterocycles. The monoisotopic (exact) mass is 256 g/mol. The van der Waals surface area contributed by atoms with Crippen molar-refractivity contribution in [2.24, 2.45) is 11.1 Å². The zero-order chi connectivity index (χ0) is 13.3. The highest BCUT2D eigenvalue weighted by Crippen LogP contribution is 2.40. The Bertz CT molecular complexity index is 572. The minimum Gasteiger partial charge on any atom is -0.380 e. The summed E-state index contributed by atoms with van der Waals surface area (Å²) in [6.45, 7) is 2.12. The first-order valence-electron chi connectivity index (χ1n) is 6.73. The van der Waals surface area contributed by atoms with E-state index in [-0.39, 0.29) is 11.5 Å². The molecule has 0 bridgehead atoms. The highest BCUT2D eigenvalue weighted by Gasteiger charge is 2.44. The van der Waals surface area contributed by atoms with E-state index in [2.05, 4.69) is 47.8 Å². The van der Waals surface area contributed by atoms with Gasteiger partial charge in [-0.15, -0.1) is 0 Å². The quantitative estimate of drug-likeness (QED) is 0.880. The van der Waals surface area contributed by atoms with Gasteiger partial charge >= 0.3 is 0 Å². The average Bonchev–Trinajstić information content (AvgIpc) is 2.42. The molecule has 1 aliphatic heterocycles. The lowest BCUT2D eigenvalue weighted by atomic mass is 9.75. The van der Waals surface area contributed by atoms with Crippen LogP contribution in [0, 0.1) is 5.41 Å². The molecule has 1 heterocycles. The molecule has 2 aromatic rings. The Morgan fingerprint density at radius 1 is 1.21 bits per heavy atom. The van der Waals surface area contributed by atoms with Crippen LogP contribution in [0.25, 0.3) is 10.8 Å². The standard InChI is InChI=1S/C16H20N2O/c1-18-15(16(9-17)10-19-11-16)14-7-6-12-4-2-3-5-13(12)8-14/h2-8,15,18H,9-11,17H2,1H3. The van der Waals surface area contributed by atoms with Crippen LogP contribution in [-0.4, -0.2) is 26.8 Å². The van der Waals surface area contributed by atoms with E-state index in [1.807, 2.05) is 7.05 Å². The van der Waals surface area contributed by atoms with Crippen LogP contribution in [0.5, 0.6) is 0 Å². The lowest BCUT2D eigenvalue weighted by Gasteiger charge is -2.46. The van der Waals surface area contributed by atoms with Gasteiger partial charge in [-0.25, -0.2) is 0 Å². The normalized spacial score (nSPS) is 19.1. The van der Waals surface area contributed by atoms with Crippen LogP contribution in [0.4, 0.5) is 0 Å². The molecule has 0 aliphatic carbocycles. The van der Waals surface area contributed by atoms with Crippen LogP contribution >= 0.6 is 0 Å². The van der Waals surface area contributed by atoms with Gasteiger partial charge in [0.1, 0.15) is 0 Å². The molecular weight excluding hydrogens is 236 g/mol. The number of nitrogens with one attached hydrogen (secondary N) is 1. The number of nitrogens with two attached hydrogens (primary N) is 1. The summed E-state index contributed by atoms with van der Waals surface area (Å²) in [5.41, 5.74) is 7.30. The molecule has 1 unspecified atom stereocenters. The van der Waals surface area contributed by atoms with E-state index in [1.54, 1.807) is 0 Å². The second-order valence-corrected chi connectivity index (χ2v) is 5.39. The molecule has 0 saturated carbocycles. The van der Waals surface area contributed by atoms with Crippen molar-refractivity contribution >= 4 is 10.8 Å². The Balaban J connectivity index is 2.01. The fraction of sp³-hybridized carbons (Fsp3) is 0.375.